The molecule has 0 aliphatic heterocycles. The first-order valence-electron chi connectivity index (χ1n) is 6.41. The van der Waals surface area contributed by atoms with Crippen molar-refractivity contribution in [3.8, 4) is 11.1 Å². The van der Waals surface area contributed by atoms with E-state index >= 15 is 0 Å². The van der Waals surface area contributed by atoms with Crippen molar-refractivity contribution in [2.45, 2.75) is 13.0 Å². The lowest BCUT2D eigenvalue weighted by Gasteiger charge is -2.07. The number of halogens is 1. The Labute approximate surface area is 125 Å². The van der Waals surface area contributed by atoms with Crippen LogP contribution >= 0.6 is 12.4 Å². The molecule has 0 spiro atoms. The van der Waals surface area contributed by atoms with E-state index in [-0.39, 0.29) is 18.3 Å². The third-order valence-corrected chi connectivity index (χ3v) is 2.90. The van der Waals surface area contributed by atoms with Crippen molar-refractivity contribution in [2.75, 3.05) is 6.54 Å². The lowest BCUT2D eigenvalue weighted by atomic mass is 10.0. The van der Waals surface area contributed by atoms with Gasteiger partial charge >= 0.3 is 0 Å². The van der Waals surface area contributed by atoms with Gasteiger partial charge in [-0.05, 0) is 22.8 Å². The van der Waals surface area contributed by atoms with Gasteiger partial charge in [-0.1, -0.05) is 48.5 Å². The Morgan fingerprint density at radius 2 is 1.70 bits per heavy atom. The van der Waals surface area contributed by atoms with Crippen LogP contribution in [0.25, 0.3) is 11.1 Å². The van der Waals surface area contributed by atoms with Crippen molar-refractivity contribution < 1.29 is 4.79 Å². The lowest BCUT2D eigenvalue weighted by molar-refractivity contribution is -0.121. The Kier molecular flexibility index (Phi) is 6.77. The lowest BCUT2D eigenvalue weighted by Crippen LogP contribution is -2.24. The second kappa shape index (κ2) is 8.35. The van der Waals surface area contributed by atoms with Crippen LogP contribution in [0.4, 0.5) is 0 Å². The Hall–Kier alpha value is -1.84. The van der Waals surface area contributed by atoms with E-state index in [1.54, 1.807) is 0 Å². The molecule has 4 heteroatoms. The van der Waals surface area contributed by atoms with Crippen LogP contribution in [-0.2, 0) is 11.3 Å². The molecule has 0 fully saturated rings. The van der Waals surface area contributed by atoms with Gasteiger partial charge in [0, 0.05) is 19.5 Å². The minimum atomic E-state index is -0.00684. The molecular formula is C16H19ClN2O. The number of amides is 1. The van der Waals surface area contributed by atoms with E-state index < -0.39 is 0 Å². The molecule has 0 heterocycles. The third kappa shape index (κ3) is 4.68. The van der Waals surface area contributed by atoms with Crippen molar-refractivity contribution in [2.24, 2.45) is 5.73 Å². The Morgan fingerprint density at radius 1 is 1.00 bits per heavy atom. The predicted octanol–water partition coefficient (Wildman–Crippen LogP) is 2.74. The number of carbonyl (C=O) groups is 1. The van der Waals surface area contributed by atoms with Crippen LogP contribution in [0, 0.1) is 0 Å². The molecule has 20 heavy (non-hydrogen) atoms. The number of nitrogens with two attached hydrogens (primary N) is 1. The molecule has 0 atom stereocenters. The first-order chi connectivity index (χ1) is 9.29. The summed E-state index contributed by atoms with van der Waals surface area (Å²) >= 11 is 0. The zero-order valence-electron chi connectivity index (χ0n) is 11.2. The fourth-order valence-electron chi connectivity index (χ4n) is 1.91. The Balaban J connectivity index is 0.00000200. The number of benzene rings is 2. The molecule has 0 saturated carbocycles. The number of hydrogen-bond donors (Lipinski definition) is 2. The van der Waals surface area contributed by atoms with Crippen molar-refractivity contribution in [1.29, 1.82) is 0 Å². The van der Waals surface area contributed by atoms with E-state index in [0.29, 0.717) is 19.5 Å². The largest absolute Gasteiger partial charge is 0.352 e. The zero-order valence-corrected chi connectivity index (χ0v) is 12.0. The van der Waals surface area contributed by atoms with Gasteiger partial charge in [-0.25, -0.2) is 0 Å². The van der Waals surface area contributed by atoms with E-state index in [4.69, 9.17) is 5.73 Å². The van der Waals surface area contributed by atoms with Gasteiger partial charge in [-0.2, -0.15) is 0 Å². The van der Waals surface area contributed by atoms with Crippen molar-refractivity contribution in [1.82, 2.24) is 5.32 Å². The summed E-state index contributed by atoms with van der Waals surface area (Å²) in [5, 5.41) is 2.86. The molecule has 0 aliphatic carbocycles. The minimum absolute atomic E-state index is 0. The molecule has 0 saturated heterocycles. The number of nitrogens with one attached hydrogen (secondary N) is 1. The van der Waals surface area contributed by atoms with Gasteiger partial charge in [0.05, 0.1) is 0 Å². The van der Waals surface area contributed by atoms with Crippen molar-refractivity contribution >= 4 is 18.3 Å². The highest BCUT2D eigenvalue weighted by Crippen LogP contribution is 2.19. The smallest absolute Gasteiger partial charge is 0.221 e. The maximum absolute atomic E-state index is 11.4. The van der Waals surface area contributed by atoms with Crippen LogP contribution in [0.15, 0.2) is 54.6 Å². The number of rotatable bonds is 5. The molecule has 106 valence electrons. The molecule has 0 unspecified atom stereocenters. The summed E-state index contributed by atoms with van der Waals surface area (Å²) in [6, 6.07) is 18.4. The van der Waals surface area contributed by atoms with Crippen LogP contribution in [-0.4, -0.2) is 12.5 Å². The molecule has 2 aromatic carbocycles. The number of carbonyl (C=O) groups excluding carboxylic acids is 1. The van der Waals surface area contributed by atoms with Crippen molar-refractivity contribution in [3.63, 3.8) is 0 Å². The molecule has 1 amide bonds. The van der Waals surface area contributed by atoms with Gasteiger partial charge in [-0.15, -0.1) is 12.4 Å². The highest BCUT2D eigenvalue weighted by molar-refractivity contribution is 5.85. The SMILES string of the molecule is Cl.NCCC(=O)NCc1cccc(-c2ccccc2)c1. The topological polar surface area (TPSA) is 55.1 Å². The van der Waals surface area contributed by atoms with Gasteiger partial charge < -0.3 is 11.1 Å². The second-order valence-electron chi connectivity index (χ2n) is 4.38. The monoisotopic (exact) mass is 290 g/mol. The van der Waals surface area contributed by atoms with E-state index in [2.05, 4.69) is 29.6 Å². The van der Waals surface area contributed by atoms with Gasteiger partial charge in [0.15, 0.2) is 0 Å². The predicted molar refractivity (Wildman–Crippen MR) is 84.6 cm³/mol. The second-order valence-corrected chi connectivity index (χ2v) is 4.38. The highest BCUT2D eigenvalue weighted by Gasteiger charge is 2.01. The van der Waals surface area contributed by atoms with Crippen LogP contribution < -0.4 is 11.1 Å². The molecule has 2 rings (SSSR count). The molecule has 3 N–H and O–H groups in total. The average Bonchev–Trinajstić information content (AvgIpc) is 2.47. The summed E-state index contributed by atoms with van der Waals surface area (Å²) in [6.45, 7) is 0.926. The first kappa shape index (κ1) is 16.2. The van der Waals surface area contributed by atoms with Gasteiger partial charge in [0.25, 0.3) is 0 Å². The first-order valence-corrected chi connectivity index (χ1v) is 6.41. The Morgan fingerprint density at radius 3 is 2.40 bits per heavy atom. The highest BCUT2D eigenvalue weighted by atomic mass is 35.5. The fraction of sp³-hybridized carbons (Fsp3) is 0.188. The standard InChI is InChI=1S/C16H18N2O.ClH/c17-10-9-16(19)18-12-13-5-4-8-15(11-13)14-6-2-1-3-7-14;/h1-8,11H,9-10,12,17H2,(H,18,19);1H. The normalized spacial score (nSPS) is 9.65. The van der Waals surface area contributed by atoms with Crippen LogP contribution in [0.2, 0.25) is 0 Å². The molecule has 0 bridgehead atoms. The molecule has 0 aliphatic rings. The summed E-state index contributed by atoms with van der Waals surface area (Å²) in [6.07, 6.45) is 0.373. The quantitative estimate of drug-likeness (QED) is 0.889. The summed E-state index contributed by atoms with van der Waals surface area (Å²) < 4.78 is 0. The zero-order chi connectivity index (χ0) is 13.5. The summed E-state index contributed by atoms with van der Waals surface area (Å²) in [5.74, 6) is -0.00684. The van der Waals surface area contributed by atoms with Crippen molar-refractivity contribution in [3.05, 3.63) is 60.2 Å². The van der Waals surface area contributed by atoms with E-state index in [9.17, 15) is 4.79 Å². The van der Waals surface area contributed by atoms with Crippen LogP contribution in [0.5, 0.6) is 0 Å². The molecular weight excluding hydrogens is 272 g/mol. The molecule has 2 aromatic rings. The Bertz CT molecular complexity index is 543. The van der Waals surface area contributed by atoms with Gasteiger partial charge in [0.1, 0.15) is 0 Å². The van der Waals surface area contributed by atoms with E-state index in [1.807, 2.05) is 30.3 Å². The summed E-state index contributed by atoms with van der Waals surface area (Å²) in [5.41, 5.74) is 8.76. The molecule has 0 radical (unpaired) electrons. The number of hydrogen-bond acceptors (Lipinski definition) is 2. The third-order valence-electron chi connectivity index (χ3n) is 2.90. The van der Waals surface area contributed by atoms with Crippen LogP contribution in [0.1, 0.15) is 12.0 Å². The maximum atomic E-state index is 11.4. The summed E-state index contributed by atoms with van der Waals surface area (Å²) in [4.78, 5) is 11.4. The maximum Gasteiger partial charge on any atom is 0.221 e. The van der Waals surface area contributed by atoms with Gasteiger partial charge in [-0.3, -0.25) is 4.79 Å². The molecule has 3 nitrogen and oxygen atoms in total. The van der Waals surface area contributed by atoms with Crippen LogP contribution in [0.3, 0.4) is 0 Å². The fourth-order valence-corrected chi connectivity index (χ4v) is 1.91. The van der Waals surface area contributed by atoms with E-state index in [1.165, 1.54) is 5.56 Å². The average molecular weight is 291 g/mol. The van der Waals surface area contributed by atoms with Gasteiger partial charge in [0.2, 0.25) is 5.91 Å². The summed E-state index contributed by atoms with van der Waals surface area (Å²) in [7, 11) is 0. The van der Waals surface area contributed by atoms with E-state index in [0.717, 1.165) is 11.1 Å². The minimum Gasteiger partial charge on any atom is -0.352 e. The molecule has 0 aromatic heterocycles.